The van der Waals surface area contributed by atoms with E-state index in [2.05, 4.69) is 21.1 Å². The molecule has 1 atom stereocenters. The third-order valence-electron chi connectivity index (χ3n) is 3.63. The van der Waals surface area contributed by atoms with Crippen molar-refractivity contribution in [1.29, 1.82) is 0 Å². The first kappa shape index (κ1) is 13.9. The monoisotopic (exact) mass is 301 g/mol. The van der Waals surface area contributed by atoms with Crippen molar-refractivity contribution < 1.29 is 4.79 Å². The number of para-hydroxylation sites is 1. The molecule has 7 heteroatoms. The van der Waals surface area contributed by atoms with E-state index >= 15 is 0 Å². The number of nitrogens with zero attached hydrogens (tertiary/aromatic N) is 5. The van der Waals surface area contributed by atoms with E-state index in [0.29, 0.717) is 26.1 Å². The molecule has 1 aromatic carbocycles. The van der Waals surface area contributed by atoms with Crippen molar-refractivity contribution in [3.05, 3.63) is 39.7 Å². The Bertz CT molecular complexity index is 673. The van der Waals surface area contributed by atoms with Gasteiger partial charge in [-0.25, -0.2) is 4.98 Å². The molecule has 0 aliphatic carbocycles. The molecular weight excluding hydrogens is 286 g/mol. The molecular formula is C14H15N5OS. The van der Waals surface area contributed by atoms with Crippen molar-refractivity contribution >= 4 is 27.5 Å². The fourth-order valence-electron chi connectivity index (χ4n) is 2.60. The van der Waals surface area contributed by atoms with E-state index in [1.54, 1.807) is 11.3 Å². The zero-order valence-corrected chi connectivity index (χ0v) is 12.3. The maximum absolute atomic E-state index is 11.9. The number of thiazole rings is 1. The second kappa shape index (κ2) is 6.11. The van der Waals surface area contributed by atoms with Gasteiger partial charge >= 0.3 is 0 Å². The van der Waals surface area contributed by atoms with Crippen molar-refractivity contribution in [2.24, 2.45) is 11.0 Å². The van der Waals surface area contributed by atoms with Crippen LogP contribution in [0.2, 0.25) is 0 Å². The van der Waals surface area contributed by atoms with Crippen LogP contribution in [0.25, 0.3) is 20.7 Å². The second-order valence-electron chi connectivity index (χ2n) is 5.15. The standard InChI is InChI=1S/C14H15N5OS/c15-18-16-8-10-7-14(20)19(9-10)6-5-13-17-11-3-1-2-4-12(11)21-13/h1-4,10H,5-9H2. The number of azide groups is 1. The van der Waals surface area contributed by atoms with Crippen LogP contribution in [-0.4, -0.2) is 35.4 Å². The lowest BCUT2D eigenvalue weighted by Gasteiger charge is -2.15. The first-order valence-corrected chi connectivity index (χ1v) is 7.71. The Hall–Kier alpha value is -2.11. The summed E-state index contributed by atoms with van der Waals surface area (Å²) in [5.74, 6) is 0.304. The fourth-order valence-corrected chi connectivity index (χ4v) is 3.56. The predicted molar refractivity (Wildman–Crippen MR) is 82.0 cm³/mol. The minimum Gasteiger partial charge on any atom is -0.342 e. The van der Waals surface area contributed by atoms with Gasteiger partial charge in [0.05, 0.1) is 15.2 Å². The number of amides is 1. The Balaban J connectivity index is 1.59. The van der Waals surface area contributed by atoms with E-state index in [0.717, 1.165) is 16.9 Å². The lowest BCUT2D eigenvalue weighted by Crippen LogP contribution is -2.27. The molecule has 0 radical (unpaired) electrons. The number of likely N-dealkylation sites (tertiary alicyclic amines) is 1. The van der Waals surface area contributed by atoms with Gasteiger partial charge in [-0.1, -0.05) is 17.2 Å². The van der Waals surface area contributed by atoms with Crippen LogP contribution in [0.4, 0.5) is 0 Å². The maximum Gasteiger partial charge on any atom is 0.222 e. The highest BCUT2D eigenvalue weighted by molar-refractivity contribution is 7.18. The van der Waals surface area contributed by atoms with Gasteiger partial charge in [0, 0.05) is 37.4 Å². The maximum atomic E-state index is 11.9. The Morgan fingerprint density at radius 1 is 1.48 bits per heavy atom. The quantitative estimate of drug-likeness (QED) is 0.483. The number of carbonyl (C=O) groups is 1. The van der Waals surface area contributed by atoms with E-state index in [-0.39, 0.29) is 11.8 Å². The van der Waals surface area contributed by atoms with Crippen LogP contribution in [-0.2, 0) is 11.2 Å². The fraction of sp³-hybridized carbons (Fsp3) is 0.429. The highest BCUT2D eigenvalue weighted by Crippen LogP contribution is 2.23. The second-order valence-corrected chi connectivity index (χ2v) is 6.26. The molecule has 1 aromatic heterocycles. The van der Waals surface area contributed by atoms with Crippen molar-refractivity contribution in [1.82, 2.24) is 9.88 Å². The number of carbonyl (C=O) groups excluding carboxylic acids is 1. The summed E-state index contributed by atoms with van der Waals surface area (Å²) in [7, 11) is 0. The summed E-state index contributed by atoms with van der Waals surface area (Å²) in [6, 6.07) is 8.06. The van der Waals surface area contributed by atoms with Crippen molar-refractivity contribution in [3.63, 3.8) is 0 Å². The average Bonchev–Trinajstić information content (AvgIpc) is 3.05. The van der Waals surface area contributed by atoms with Crippen LogP contribution < -0.4 is 0 Å². The minimum absolute atomic E-state index is 0.147. The summed E-state index contributed by atoms with van der Waals surface area (Å²) in [6.07, 6.45) is 1.26. The summed E-state index contributed by atoms with van der Waals surface area (Å²) >= 11 is 1.68. The number of aromatic nitrogens is 1. The Kier molecular flexibility index (Phi) is 4.03. The number of hydrogen-bond donors (Lipinski definition) is 0. The first-order valence-electron chi connectivity index (χ1n) is 6.89. The Labute approximate surface area is 126 Å². The molecule has 3 rings (SSSR count). The molecule has 1 amide bonds. The molecule has 108 valence electrons. The van der Waals surface area contributed by atoms with Gasteiger partial charge in [-0.2, -0.15) is 0 Å². The summed E-state index contributed by atoms with van der Waals surface area (Å²) in [5.41, 5.74) is 9.35. The molecule has 1 aliphatic heterocycles. The van der Waals surface area contributed by atoms with E-state index in [4.69, 9.17) is 5.53 Å². The molecule has 2 heterocycles. The number of hydrogen-bond acceptors (Lipinski definition) is 4. The van der Waals surface area contributed by atoms with Crippen LogP contribution in [0.5, 0.6) is 0 Å². The molecule has 1 unspecified atom stereocenters. The molecule has 0 spiro atoms. The first-order chi connectivity index (χ1) is 10.3. The zero-order chi connectivity index (χ0) is 14.7. The number of rotatable bonds is 5. The Morgan fingerprint density at radius 2 is 2.33 bits per heavy atom. The SMILES string of the molecule is [N-]=[N+]=NCC1CC(=O)N(CCc2nc3ccccc3s2)C1. The van der Waals surface area contributed by atoms with Gasteiger partial charge in [0.25, 0.3) is 0 Å². The largest absolute Gasteiger partial charge is 0.342 e. The van der Waals surface area contributed by atoms with Gasteiger partial charge < -0.3 is 4.90 Å². The van der Waals surface area contributed by atoms with Gasteiger partial charge in [-0.15, -0.1) is 11.3 Å². The summed E-state index contributed by atoms with van der Waals surface area (Å²) in [4.78, 5) is 21.1. The van der Waals surface area contributed by atoms with E-state index < -0.39 is 0 Å². The number of fused-ring (bicyclic) bond motifs is 1. The molecule has 0 bridgehead atoms. The minimum atomic E-state index is 0.147. The molecule has 6 nitrogen and oxygen atoms in total. The van der Waals surface area contributed by atoms with Crippen LogP contribution in [0.15, 0.2) is 29.4 Å². The van der Waals surface area contributed by atoms with Crippen molar-refractivity contribution in [3.8, 4) is 0 Å². The van der Waals surface area contributed by atoms with Crippen molar-refractivity contribution in [2.45, 2.75) is 12.8 Å². The third-order valence-corrected chi connectivity index (χ3v) is 4.73. The highest BCUT2D eigenvalue weighted by Gasteiger charge is 2.28. The van der Waals surface area contributed by atoms with Crippen LogP contribution >= 0.6 is 11.3 Å². The summed E-state index contributed by atoms with van der Waals surface area (Å²) in [5, 5.41) is 4.62. The Morgan fingerprint density at radius 3 is 3.14 bits per heavy atom. The van der Waals surface area contributed by atoms with E-state index in [1.165, 1.54) is 4.70 Å². The summed E-state index contributed by atoms with van der Waals surface area (Å²) < 4.78 is 1.18. The average molecular weight is 301 g/mol. The third kappa shape index (κ3) is 3.15. The van der Waals surface area contributed by atoms with E-state index in [9.17, 15) is 4.79 Å². The molecule has 1 fully saturated rings. The van der Waals surface area contributed by atoms with E-state index in [1.807, 2.05) is 23.1 Å². The van der Waals surface area contributed by atoms with Gasteiger partial charge in [-0.05, 0) is 23.6 Å². The van der Waals surface area contributed by atoms with Crippen LogP contribution in [0, 0.1) is 5.92 Å². The number of benzene rings is 1. The topological polar surface area (TPSA) is 82.0 Å². The molecule has 0 N–H and O–H groups in total. The van der Waals surface area contributed by atoms with Crippen LogP contribution in [0.1, 0.15) is 11.4 Å². The van der Waals surface area contributed by atoms with Crippen molar-refractivity contribution in [2.75, 3.05) is 19.6 Å². The normalized spacial score (nSPS) is 18.2. The highest BCUT2D eigenvalue weighted by atomic mass is 32.1. The molecule has 2 aromatic rings. The molecule has 0 saturated carbocycles. The molecule has 21 heavy (non-hydrogen) atoms. The van der Waals surface area contributed by atoms with Crippen LogP contribution in [0.3, 0.4) is 0 Å². The van der Waals surface area contributed by atoms with Gasteiger partial charge in [0.15, 0.2) is 0 Å². The predicted octanol–water partition coefficient (Wildman–Crippen LogP) is 3.00. The summed E-state index contributed by atoms with van der Waals surface area (Å²) in [6.45, 7) is 1.77. The molecule has 1 aliphatic rings. The van der Waals surface area contributed by atoms with Gasteiger partial charge in [0.2, 0.25) is 5.91 Å². The lowest BCUT2D eigenvalue weighted by atomic mass is 10.1. The molecule has 1 saturated heterocycles. The smallest absolute Gasteiger partial charge is 0.222 e. The zero-order valence-electron chi connectivity index (χ0n) is 11.5. The van der Waals surface area contributed by atoms with Gasteiger partial charge in [0.1, 0.15) is 0 Å². The lowest BCUT2D eigenvalue weighted by molar-refractivity contribution is -0.127. The van der Waals surface area contributed by atoms with Gasteiger partial charge in [-0.3, -0.25) is 4.79 Å².